The van der Waals surface area contributed by atoms with Gasteiger partial charge in [0.25, 0.3) is 0 Å². The van der Waals surface area contributed by atoms with E-state index >= 15 is 0 Å². The first kappa shape index (κ1) is 23.8. The topological polar surface area (TPSA) is 83.9 Å². The summed E-state index contributed by atoms with van der Waals surface area (Å²) >= 11 is 0. The normalized spacial score (nSPS) is 16.6. The van der Waals surface area contributed by atoms with Crippen molar-refractivity contribution in [1.29, 1.82) is 0 Å². The van der Waals surface area contributed by atoms with Gasteiger partial charge in [0.15, 0.2) is 5.96 Å². The van der Waals surface area contributed by atoms with Crippen LogP contribution in [-0.2, 0) is 11.3 Å². The lowest BCUT2D eigenvalue weighted by molar-refractivity contribution is 0.145. The smallest absolute Gasteiger partial charge is 0.225 e. The number of piperidine rings is 1. The number of hydrogen-bond donors (Lipinski definition) is 2. The maximum absolute atomic E-state index is 5.45. The number of benzene rings is 1. The van der Waals surface area contributed by atoms with Crippen molar-refractivity contribution in [3.8, 4) is 5.75 Å². The first-order valence-electron chi connectivity index (χ1n) is 11.5. The molecule has 2 heterocycles. The minimum atomic E-state index is 0.518. The lowest BCUT2D eigenvalue weighted by Gasteiger charge is -2.33. The van der Waals surface area contributed by atoms with E-state index in [1.54, 1.807) is 19.5 Å². The van der Waals surface area contributed by atoms with Gasteiger partial charge >= 0.3 is 0 Å². The lowest BCUT2D eigenvalue weighted by Crippen LogP contribution is -2.45. The first-order valence-corrected chi connectivity index (χ1v) is 11.5. The minimum Gasteiger partial charge on any atom is -0.497 e. The number of hydrogen-bond acceptors (Lipinski definition) is 6. The third-order valence-electron chi connectivity index (χ3n) is 5.45. The van der Waals surface area contributed by atoms with Crippen LogP contribution in [0.25, 0.3) is 0 Å². The molecule has 1 aromatic carbocycles. The van der Waals surface area contributed by atoms with Crippen LogP contribution >= 0.6 is 0 Å². The summed E-state index contributed by atoms with van der Waals surface area (Å²) in [5.41, 5.74) is 1.14. The second-order valence-electron chi connectivity index (χ2n) is 7.87. The molecule has 0 bridgehead atoms. The van der Waals surface area contributed by atoms with Crippen molar-refractivity contribution in [2.45, 2.75) is 32.7 Å². The maximum Gasteiger partial charge on any atom is 0.225 e. The number of ether oxygens (including phenoxy) is 2. The van der Waals surface area contributed by atoms with Crippen LogP contribution in [0.15, 0.2) is 47.7 Å². The average molecular weight is 441 g/mol. The van der Waals surface area contributed by atoms with Gasteiger partial charge in [-0.3, -0.25) is 0 Å². The number of guanidine groups is 1. The van der Waals surface area contributed by atoms with Crippen molar-refractivity contribution >= 4 is 11.9 Å². The number of nitrogens with zero attached hydrogens (tertiary/aromatic N) is 4. The summed E-state index contributed by atoms with van der Waals surface area (Å²) in [6, 6.07) is 9.89. The van der Waals surface area contributed by atoms with Crippen LogP contribution < -0.4 is 20.3 Å². The van der Waals surface area contributed by atoms with E-state index in [1.165, 1.54) is 6.42 Å². The van der Waals surface area contributed by atoms with Crippen molar-refractivity contribution in [2.24, 2.45) is 10.9 Å². The van der Waals surface area contributed by atoms with Crippen molar-refractivity contribution in [3.63, 3.8) is 0 Å². The molecule has 1 fully saturated rings. The molecule has 32 heavy (non-hydrogen) atoms. The Kier molecular flexibility index (Phi) is 10.1. The summed E-state index contributed by atoms with van der Waals surface area (Å²) in [7, 11) is 1.68. The van der Waals surface area contributed by atoms with Gasteiger partial charge in [0.2, 0.25) is 5.95 Å². The predicted molar refractivity (Wildman–Crippen MR) is 128 cm³/mol. The second kappa shape index (κ2) is 13.5. The van der Waals surface area contributed by atoms with Gasteiger partial charge in [0.05, 0.1) is 13.7 Å². The zero-order valence-electron chi connectivity index (χ0n) is 19.3. The summed E-state index contributed by atoms with van der Waals surface area (Å²) in [6.45, 7) is 7.78. The van der Waals surface area contributed by atoms with Crippen LogP contribution in [-0.4, -0.2) is 62.4 Å². The third-order valence-corrected chi connectivity index (χ3v) is 5.45. The van der Waals surface area contributed by atoms with E-state index in [2.05, 4.69) is 25.5 Å². The second-order valence-corrected chi connectivity index (χ2v) is 7.87. The van der Waals surface area contributed by atoms with Gasteiger partial charge in [-0.15, -0.1) is 0 Å². The number of aromatic nitrogens is 2. The molecule has 0 spiro atoms. The van der Waals surface area contributed by atoms with E-state index in [1.807, 2.05) is 37.3 Å². The molecule has 174 valence electrons. The van der Waals surface area contributed by atoms with E-state index in [0.717, 1.165) is 75.5 Å². The monoisotopic (exact) mass is 440 g/mol. The maximum atomic E-state index is 5.45. The Labute approximate surface area is 191 Å². The number of methoxy groups -OCH3 is 1. The van der Waals surface area contributed by atoms with Gasteiger partial charge < -0.3 is 25.0 Å². The van der Waals surface area contributed by atoms with Crippen LogP contribution in [0, 0.1) is 5.92 Å². The van der Waals surface area contributed by atoms with Crippen molar-refractivity contribution < 1.29 is 9.47 Å². The van der Waals surface area contributed by atoms with E-state index in [-0.39, 0.29) is 0 Å². The minimum absolute atomic E-state index is 0.518. The van der Waals surface area contributed by atoms with E-state index in [0.29, 0.717) is 12.5 Å². The van der Waals surface area contributed by atoms with Gasteiger partial charge in [-0.2, -0.15) is 0 Å². The van der Waals surface area contributed by atoms with Crippen LogP contribution in [0.1, 0.15) is 31.7 Å². The van der Waals surface area contributed by atoms with Crippen molar-refractivity contribution in [3.05, 3.63) is 48.3 Å². The fraction of sp³-hybridized carbons (Fsp3) is 0.542. The molecule has 0 aliphatic carbocycles. The summed E-state index contributed by atoms with van der Waals surface area (Å²) in [5.74, 6) is 3.03. The SMILES string of the molecule is CCOCCCNC(=NCc1ccc(OC)cc1)NCC1CCCN(c2ncccn2)C1. The number of nitrogens with one attached hydrogen (secondary N) is 2. The lowest BCUT2D eigenvalue weighted by atomic mass is 9.98. The molecule has 1 unspecified atom stereocenters. The molecule has 0 amide bonds. The molecule has 1 aromatic heterocycles. The van der Waals surface area contributed by atoms with Crippen molar-refractivity contribution in [2.75, 3.05) is 51.4 Å². The highest BCUT2D eigenvalue weighted by atomic mass is 16.5. The Morgan fingerprint density at radius 1 is 1.19 bits per heavy atom. The average Bonchev–Trinajstić information content (AvgIpc) is 2.86. The molecule has 3 rings (SSSR count). The van der Waals surface area contributed by atoms with E-state index < -0.39 is 0 Å². The summed E-state index contributed by atoms with van der Waals surface area (Å²) in [5, 5.41) is 7.00. The Morgan fingerprint density at radius 3 is 2.75 bits per heavy atom. The van der Waals surface area contributed by atoms with Gasteiger partial charge in [-0.25, -0.2) is 15.0 Å². The molecule has 0 saturated carbocycles. The molecule has 2 aromatic rings. The van der Waals surface area contributed by atoms with Gasteiger partial charge in [0, 0.05) is 51.8 Å². The zero-order chi connectivity index (χ0) is 22.4. The quantitative estimate of drug-likeness (QED) is 0.316. The Bertz CT molecular complexity index is 800. The summed E-state index contributed by atoms with van der Waals surface area (Å²) < 4.78 is 10.7. The largest absolute Gasteiger partial charge is 0.497 e. The number of rotatable bonds is 11. The highest BCUT2D eigenvalue weighted by molar-refractivity contribution is 5.79. The molecular formula is C24H36N6O2. The molecule has 1 aliphatic rings. The fourth-order valence-corrected chi connectivity index (χ4v) is 3.71. The summed E-state index contributed by atoms with van der Waals surface area (Å²) in [4.78, 5) is 15.9. The third kappa shape index (κ3) is 8.00. The summed E-state index contributed by atoms with van der Waals surface area (Å²) in [6.07, 6.45) is 6.89. The van der Waals surface area contributed by atoms with Crippen LogP contribution in [0.2, 0.25) is 0 Å². The van der Waals surface area contributed by atoms with Crippen molar-refractivity contribution in [1.82, 2.24) is 20.6 Å². The predicted octanol–water partition coefficient (Wildman–Crippen LogP) is 2.86. The Hall–Kier alpha value is -2.87. The molecule has 1 aliphatic heterocycles. The highest BCUT2D eigenvalue weighted by Gasteiger charge is 2.21. The molecule has 1 atom stereocenters. The highest BCUT2D eigenvalue weighted by Crippen LogP contribution is 2.19. The molecule has 8 nitrogen and oxygen atoms in total. The molecular weight excluding hydrogens is 404 g/mol. The number of aliphatic imine (C=N–C) groups is 1. The number of anilines is 1. The van der Waals surface area contributed by atoms with Gasteiger partial charge in [0.1, 0.15) is 5.75 Å². The standard InChI is InChI=1S/C24H36N6O2/c1-3-32-16-6-14-25-23(28-17-20-8-10-22(31-2)11-9-20)29-18-21-7-4-15-30(19-21)24-26-12-5-13-27-24/h5,8-13,21H,3-4,6-7,14-19H2,1-2H3,(H2,25,28,29). The van der Waals surface area contributed by atoms with Gasteiger partial charge in [-0.1, -0.05) is 12.1 Å². The van der Waals surface area contributed by atoms with E-state index in [9.17, 15) is 0 Å². The molecule has 8 heteroatoms. The van der Waals surface area contributed by atoms with E-state index in [4.69, 9.17) is 14.5 Å². The first-order chi connectivity index (χ1) is 15.8. The Balaban J connectivity index is 1.54. The van der Waals surface area contributed by atoms with Gasteiger partial charge in [-0.05, 0) is 55.9 Å². The molecule has 0 radical (unpaired) electrons. The fourth-order valence-electron chi connectivity index (χ4n) is 3.71. The van der Waals surface area contributed by atoms with Crippen LogP contribution in [0.5, 0.6) is 5.75 Å². The Morgan fingerprint density at radius 2 is 2.00 bits per heavy atom. The molecule has 2 N–H and O–H groups in total. The van der Waals surface area contributed by atoms with Crippen LogP contribution in [0.3, 0.4) is 0 Å². The molecule has 1 saturated heterocycles. The van der Waals surface area contributed by atoms with Crippen LogP contribution in [0.4, 0.5) is 5.95 Å². The zero-order valence-corrected chi connectivity index (χ0v) is 19.3.